The molecular formula is C28H37N3O4S. The Morgan fingerprint density at radius 3 is 2.56 bits per heavy atom. The van der Waals surface area contributed by atoms with Gasteiger partial charge in [-0.3, -0.25) is 14.4 Å². The normalized spacial score (nSPS) is 28.2. The summed E-state index contributed by atoms with van der Waals surface area (Å²) in [6.45, 7) is 10.9. The van der Waals surface area contributed by atoms with Crippen LogP contribution in [0, 0.1) is 11.8 Å². The number of hydrogen-bond acceptors (Lipinski definition) is 5. The molecule has 3 saturated heterocycles. The number of thioether (sulfide) groups is 1. The molecule has 2 bridgehead atoms. The fourth-order valence-corrected chi connectivity index (χ4v) is 8.48. The van der Waals surface area contributed by atoms with Crippen LogP contribution in [0.4, 0.5) is 5.69 Å². The van der Waals surface area contributed by atoms with Crippen molar-refractivity contribution < 1.29 is 19.5 Å². The number of benzene rings is 1. The Kier molecular flexibility index (Phi) is 8.25. The van der Waals surface area contributed by atoms with Crippen molar-refractivity contribution >= 4 is 35.2 Å². The lowest BCUT2D eigenvalue weighted by molar-refractivity contribution is -0.143. The number of nitrogens with zero attached hydrogens (tertiary/aromatic N) is 3. The van der Waals surface area contributed by atoms with Gasteiger partial charge < -0.3 is 19.8 Å². The summed E-state index contributed by atoms with van der Waals surface area (Å²) in [6.07, 6.45) is 6.72. The summed E-state index contributed by atoms with van der Waals surface area (Å²) in [5, 5.41) is 9.80. The van der Waals surface area contributed by atoms with Gasteiger partial charge in [0.1, 0.15) is 6.04 Å². The largest absolute Gasteiger partial charge is 0.395 e. The maximum Gasteiger partial charge on any atom is 0.247 e. The smallest absolute Gasteiger partial charge is 0.247 e. The van der Waals surface area contributed by atoms with Gasteiger partial charge in [-0.05, 0) is 31.4 Å². The van der Waals surface area contributed by atoms with Crippen LogP contribution in [0.3, 0.4) is 0 Å². The van der Waals surface area contributed by atoms with Crippen LogP contribution in [-0.2, 0) is 14.4 Å². The molecule has 3 heterocycles. The van der Waals surface area contributed by atoms with Crippen molar-refractivity contribution in [1.82, 2.24) is 9.80 Å². The maximum absolute atomic E-state index is 14.1. The predicted octanol–water partition coefficient (Wildman–Crippen LogP) is 3.10. The molecule has 3 amide bonds. The average Bonchev–Trinajstić information content (AvgIpc) is 3.53. The highest BCUT2D eigenvalue weighted by Crippen LogP contribution is 2.66. The number of hydrogen-bond donors (Lipinski definition) is 1. The van der Waals surface area contributed by atoms with E-state index in [1.807, 2.05) is 30.3 Å². The van der Waals surface area contributed by atoms with Crippen LogP contribution in [0.15, 0.2) is 55.6 Å². The minimum Gasteiger partial charge on any atom is -0.395 e. The molecule has 8 heteroatoms. The van der Waals surface area contributed by atoms with Gasteiger partial charge in [-0.2, -0.15) is 0 Å². The predicted molar refractivity (Wildman–Crippen MR) is 144 cm³/mol. The molecule has 0 aromatic heterocycles. The van der Waals surface area contributed by atoms with Crippen molar-refractivity contribution in [1.29, 1.82) is 0 Å². The van der Waals surface area contributed by atoms with E-state index in [-0.39, 0.29) is 36.1 Å². The Hall–Kier alpha value is -2.58. The number of likely N-dealkylation sites (tertiary alicyclic amines) is 1. The zero-order valence-electron chi connectivity index (χ0n) is 21.1. The van der Waals surface area contributed by atoms with Crippen LogP contribution >= 0.6 is 11.8 Å². The summed E-state index contributed by atoms with van der Waals surface area (Å²) in [5.74, 6) is -1.47. The summed E-state index contributed by atoms with van der Waals surface area (Å²) in [7, 11) is 0. The summed E-state index contributed by atoms with van der Waals surface area (Å²) in [5.41, 5.74) is 0.770. The van der Waals surface area contributed by atoms with E-state index >= 15 is 0 Å². The molecule has 1 spiro atoms. The van der Waals surface area contributed by atoms with Crippen molar-refractivity contribution in [3.8, 4) is 0 Å². The van der Waals surface area contributed by atoms with Crippen LogP contribution in [0.1, 0.15) is 32.6 Å². The Labute approximate surface area is 218 Å². The summed E-state index contributed by atoms with van der Waals surface area (Å²) >= 11 is 1.65. The maximum atomic E-state index is 14.1. The fraction of sp³-hybridized carbons (Fsp3) is 0.536. The van der Waals surface area contributed by atoms with Gasteiger partial charge in [-0.15, -0.1) is 24.9 Å². The molecule has 5 atom stereocenters. The molecule has 0 aliphatic carbocycles. The highest BCUT2D eigenvalue weighted by molar-refractivity contribution is 8.02. The molecule has 4 rings (SSSR count). The number of aliphatic hydroxyl groups is 1. The third kappa shape index (κ3) is 4.39. The highest BCUT2D eigenvalue weighted by Gasteiger charge is 2.74. The summed E-state index contributed by atoms with van der Waals surface area (Å²) in [4.78, 5) is 47.0. The van der Waals surface area contributed by atoms with E-state index in [1.165, 1.54) is 0 Å². The standard InChI is InChI=1S/C28H37N3O4S/c1-4-7-17-29(15-5-2)27(35)24-28-14-13-21(36-28)22(23(28)26(34)31(24)18-19-32)25(33)30(16-6-3)20-11-9-8-10-12-20/h5-6,8-12,21-24,32H,2-4,7,13-19H2,1H3/t21-,22+,23+,24?,28?/m1/s1. The molecule has 1 aromatic rings. The number of carbonyl (C=O) groups is 3. The second-order valence-electron chi connectivity index (χ2n) is 9.81. The Bertz CT molecular complexity index is 1000. The number of aliphatic hydroxyl groups excluding tert-OH is 1. The number of β-amino-alcohol motifs (C(OH)–C–C–N with tert-alkyl or cyclic N) is 1. The first-order chi connectivity index (χ1) is 17.4. The van der Waals surface area contributed by atoms with Crippen LogP contribution in [-0.4, -0.2) is 81.5 Å². The molecular weight excluding hydrogens is 474 g/mol. The Morgan fingerprint density at radius 1 is 1.19 bits per heavy atom. The van der Waals surface area contributed by atoms with E-state index in [0.29, 0.717) is 26.1 Å². The lowest BCUT2D eigenvalue weighted by atomic mass is 9.70. The van der Waals surface area contributed by atoms with Gasteiger partial charge in [-0.25, -0.2) is 0 Å². The zero-order valence-corrected chi connectivity index (χ0v) is 21.9. The summed E-state index contributed by atoms with van der Waals surface area (Å²) < 4.78 is -0.656. The fourth-order valence-electron chi connectivity index (χ4n) is 6.27. The molecule has 1 aromatic carbocycles. The quantitative estimate of drug-likeness (QED) is 0.436. The van der Waals surface area contributed by atoms with E-state index in [0.717, 1.165) is 24.9 Å². The minimum absolute atomic E-state index is 0.0162. The lowest BCUT2D eigenvalue weighted by Gasteiger charge is -2.37. The van der Waals surface area contributed by atoms with E-state index in [4.69, 9.17) is 0 Å². The zero-order chi connectivity index (χ0) is 25.9. The van der Waals surface area contributed by atoms with Crippen LogP contribution in [0.5, 0.6) is 0 Å². The van der Waals surface area contributed by atoms with Crippen molar-refractivity contribution in [2.45, 2.75) is 48.6 Å². The van der Waals surface area contributed by atoms with Crippen LogP contribution < -0.4 is 4.90 Å². The van der Waals surface area contributed by atoms with E-state index in [9.17, 15) is 19.5 Å². The first kappa shape index (κ1) is 26.5. The van der Waals surface area contributed by atoms with Gasteiger partial charge in [0.25, 0.3) is 0 Å². The van der Waals surface area contributed by atoms with Gasteiger partial charge in [-0.1, -0.05) is 43.7 Å². The molecule has 0 saturated carbocycles. The number of anilines is 1. The minimum atomic E-state index is -0.684. The van der Waals surface area contributed by atoms with Gasteiger partial charge in [0.2, 0.25) is 17.7 Å². The van der Waals surface area contributed by atoms with E-state index < -0.39 is 22.6 Å². The van der Waals surface area contributed by atoms with Crippen LogP contribution in [0.2, 0.25) is 0 Å². The first-order valence-electron chi connectivity index (χ1n) is 12.9. The van der Waals surface area contributed by atoms with Gasteiger partial charge in [0, 0.05) is 37.1 Å². The van der Waals surface area contributed by atoms with Crippen LogP contribution in [0.25, 0.3) is 0 Å². The number of amides is 3. The van der Waals surface area contributed by atoms with E-state index in [2.05, 4.69) is 20.1 Å². The molecule has 194 valence electrons. The molecule has 2 unspecified atom stereocenters. The second kappa shape index (κ2) is 11.2. The lowest BCUT2D eigenvalue weighted by Crippen LogP contribution is -2.55. The molecule has 7 nitrogen and oxygen atoms in total. The first-order valence-corrected chi connectivity index (χ1v) is 13.8. The number of rotatable bonds is 12. The Balaban J connectivity index is 1.71. The van der Waals surface area contributed by atoms with Gasteiger partial charge >= 0.3 is 0 Å². The van der Waals surface area contributed by atoms with Crippen molar-refractivity contribution in [2.24, 2.45) is 11.8 Å². The van der Waals surface area contributed by atoms with Crippen molar-refractivity contribution in [2.75, 3.05) is 37.7 Å². The Morgan fingerprint density at radius 2 is 1.92 bits per heavy atom. The SMILES string of the molecule is C=CCN(CCCC)C(=O)C1N(CCO)C(=O)[C@@H]2[C@@H](C(=O)N(CC=C)c3ccccc3)[C@H]3CCC12S3. The van der Waals surface area contributed by atoms with Gasteiger partial charge in [0.15, 0.2) is 0 Å². The number of carbonyl (C=O) groups excluding carboxylic acids is 3. The van der Waals surface area contributed by atoms with Crippen molar-refractivity contribution in [3.05, 3.63) is 55.6 Å². The average molecular weight is 512 g/mol. The van der Waals surface area contributed by atoms with Gasteiger partial charge in [0.05, 0.1) is 23.2 Å². The highest BCUT2D eigenvalue weighted by atomic mass is 32.2. The molecule has 3 fully saturated rings. The number of para-hydroxylation sites is 1. The molecule has 0 radical (unpaired) electrons. The molecule has 3 aliphatic rings. The third-order valence-corrected chi connectivity index (χ3v) is 9.70. The molecule has 36 heavy (non-hydrogen) atoms. The third-order valence-electron chi connectivity index (χ3n) is 7.75. The molecule has 1 N–H and O–H groups in total. The topological polar surface area (TPSA) is 81.2 Å². The number of fused-ring (bicyclic) bond motifs is 1. The van der Waals surface area contributed by atoms with Crippen molar-refractivity contribution in [3.63, 3.8) is 0 Å². The summed E-state index contributed by atoms with van der Waals surface area (Å²) in [6, 6.07) is 8.77. The molecule has 3 aliphatic heterocycles. The monoisotopic (exact) mass is 511 g/mol. The van der Waals surface area contributed by atoms with E-state index in [1.54, 1.807) is 38.6 Å². The second-order valence-corrected chi connectivity index (χ2v) is 11.4. The number of unbranched alkanes of at least 4 members (excludes halogenated alkanes) is 1.